The molecule has 1 aliphatic rings. The van der Waals surface area contributed by atoms with Gasteiger partial charge in [-0.05, 0) is 6.07 Å². The Bertz CT molecular complexity index is 393. The third-order valence-corrected chi connectivity index (χ3v) is 2.90. The summed E-state index contributed by atoms with van der Waals surface area (Å²) in [6.07, 6.45) is 0. The number of H-pyrrole nitrogens is 1. The molecular weight excluding hydrogens is 216 g/mol. The van der Waals surface area contributed by atoms with Crippen molar-refractivity contribution in [3.8, 4) is 0 Å². The second-order valence-corrected chi connectivity index (χ2v) is 4.10. The molecule has 1 atom stereocenters. The first kappa shape index (κ1) is 10.2. The van der Waals surface area contributed by atoms with Gasteiger partial charge in [-0.15, -0.1) is 11.8 Å². The Balaban J connectivity index is 1.99. The van der Waals surface area contributed by atoms with Crippen LogP contribution in [0, 0.1) is 0 Å². The minimum atomic E-state index is -0.289. The molecular formula is C8H10N4O2S. The van der Waals surface area contributed by atoms with E-state index >= 15 is 0 Å². The van der Waals surface area contributed by atoms with Crippen molar-refractivity contribution >= 4 is 23.5 Å². The Hall–Kier alpha value is -1.34. The van der Waals surface area contributed by atoms with Crippen LogP contribution >= 0.6 is 11.8 Å². The molecule has 7 heteroatoms. The van der Waals surface area contributed by atoms with Gasteiger partial charge < -0.3 is 5.32 Å². The smallest absolute Gasteiger partial charge is 0.264 e. The third kappa shape index (κ3) is 2.57. The van der Waals surface area contributed by atoms with Gasteiger partial charge in [0.1, 0.15) is 0 Å². The summed E-state index contributed by atoms with van der Waals surface area (Å²) in [4.78, 5) is 22.3. The number of carbonyl (C=O) groups excluding carboxylic acids is 1. The molecule has 1 unspecified atom stereocenters. The number of aromatic amines is 1. The van der Waals surface area contributed by atoms with Crippen LogP contribution in [0.25, 0.3) is 0 Å². The minimum Gasteiger partial charge on any atom is -0.308 e. The first-order chi connectivity index (χ1) is 7.25. The highest BCUT2D eigenvalue weighted by atomic mass is 32.2. The number of hydrogen-bond donors (Lipinski definition) is 3. The van der Waals surface area contributed by atoms with Crippen molar-refractivity contribution in [1.82, 2.24) is 15.5 Å². The van der Waals surface area contributed by atoms with Gasteiger partial charge in [0.05, 0.1) is 6.04 Å². The molecule has 2 heterocycles. The average Bonchev–Trinajstić information content (AvgIpc) is 2.74. The monoisotopic (exact) mass is 226 g/mol. The van der Waals surface area contributed by atoms with E-state index in [0.717, 1.165) is 11.6 Å². The maximum atomic E-state index is 11.6. The summed E-state index contributed by atoms with van der Waals surface area (Å²) in [7, 11) is 0. The number of hydrogen-bond acceptors (Lipinski definition) is 5. The van der Waals surface area contributed by atoms with Crippen LogP contribution in [0.3, 0.4) is 0 Å². The van der Waals surface area contributed by atoms with Crippen molar-refractivity contribution in [2.24, 2.45) is 0 Å². The van der Waals surface area contributed by atoms with E-state index in [1.807, 2.05) is 0 Å². The van der Waals surface area contributed by atoms with Crippen LogP contribution in [0.1, 0.15) is 0 Å². The number of carbonyl (C=O) groups is 1. The van der Waals surface area contributed by atoms with Crippen molar-refractivity contribution in [2.75, 3.05) is 16.9 Å². The summed E-state index contributed by atoms with van der Waals surface area (Å²) < 4.78 is 0. The predicted molar refractivity (Wildman–Crippen MR) is 57.7 cm³/mol. The van der Waals surface area contributed by atoms with Crippen LogP contribution in [-0.4, -0.2) is 33.8 Å². The molecule has 15 heavy (non-hydrogen) atoms. The van der Waals surface area contributed by atoms with Crippen molar-refractivity contribution < 1.29 is 4.79 Å². The molecule has 1 aliphatic heterocycles. The van der Waals surface area contributed by atoms with Crippen molar-refractivity contribution in [3.05, 3.63) is 22.5 Å². The van der Waals surface area contributed by atoms with Gasteiger partial charge in [-0.1, -0.05) is 0 Å². The van der Waals surface area contributed by atoms with E-state index in [9.17, 15) is 9.59 Å². The average molecular weight is 226 g/mol. The summed E-state index contributed by atoms with van der Waals surface area (Å²) >= 11 is 1.67. The summed E-state index contributed by atoms with van der Waals surface area (Å²) in [6, 6.07) is 2.61. The zero-order valence-electron chi connectivity index (χ0n) is 7.82. The summed E-state index contributed by atoms with van der Waals surface area (Å²) in [5.74, 6) is 1.78. The normalized spacial score (nSPS) is 20.1. The maximum Gasteiger partial charge on any atom is 0.264 e. The lowest BCUT2D eigenvalue weighted by Crippen LogP contribution is -2.37. The molecule has 0 radical (unpaired) electrons. The van der Waals surface area contributed by atoms with E-state index in [1.54, 1.807) is 11.8 Å². The van der Waals surface area contributed by atoms with Gasteiger partial charge in [0.25, 0.3) is 5.56 Å². The van der Waals surface area contributed by atoms with Crippen LogP contribution in [0.4, 0.5) is 5.82 Å². The molecule has 1 fully saturated rings. The molecule has 0 bridgehead atoms. The van der Waals surface area contributed by atoms with Crippen LogP contribution in [0.15, 0.2) is 16.9 Å². The predicted octanol–water partition coefficient (Wildman–Crippen LogP) is -0.629. The van der Waals surface area contributed by atoms with E-state index in [2.05, 4.69) is 20.8 Å². The highest BCUT2D eigenvalue weighted by molar-refractivity contribution is 7.99. The molecule has 80 valence electrons. The Morgan fingerprint density at radius 3 is 3.07 bits per heavy atom. The Morgan fingerprint density at radius 2 is 2.47 bits per heavy atom. The molecule has 6 nitrogen and oxygen atoms in total. The number of nitrogens with one attached hydrogen (secondary N) is 3. The van der Waals surface area contributed by atoms with Gasteiger partial charge in [-0.2, -0.15) is 5.10 Å². The number of rotatable bonds is 2. The fourth-order valence-electron chi connectivity index (χ4n) is 1.19. The number of aromatic nitrogens is 2. The highest BCUT2D eigenvalue weighted by Gasteiger charge is 2.22. The van der Waals surface area contributed by atoms with Crippen LogP contribution in [0.2, 0.25) is 0 Å². The summed E-state index contributed by atoms with van der Waals surface area (Å²) in [5.41, 5.74) is -0.289. The SMILES string of the molecule is O=C(Nc1ccc(=O)[nH]n1)C1CSCN1. The van der Waals surface area contributed by atoms with Crippen LogP contribution in [0.5, 0.6) is 0 Å². The molecule has 1 amide bonds. The number of nitrogens with zero attached hydrogens (tertiary/aromatic N) is 1. The quantitative estimate of drug-likeness (QED) is 0.625. The Morgan fingerprint density at radius 1 is 1.60 bits per heavy atom. The van der Waals surface area contributed by atoms with E-state index in [-0.39, 0.29) is 17.5 Å². The topological polar surface area (TPSA) is 86.9 Å². The number of amides is 1. The molecule has 0 spiro atoms. The van der Waals surface area contributed by atoms with E-state index in [1.165, 1.54) is 12.1 Å². The van der Waals surface area contributed by atoms with Gasteiger partial charge in [-0.25, -0.2) is 5.10 Å². The molecule has 0 aromatic carbocycles. The second-order valence-electron chi connectivity index (χ2n) is 3.07. The van der Waals surface area contributed by atoms with E-state index < -0.39 is 0 Å². The second kappa shape index (κ2) is 4.45. The summed E-state index contributed by atoms with van der Waals surface area (Å²) in [5, 5.41) is 11.6. The molecule has 0 saturated carbocycles. The molecule has 1 aromatic heterocycles. The number of thioether (sulfide) groups is 1. The van der Waals surface area contributed by atoms with E-state index in [4.69, 9.17) is 0 Å². The fraction of sp³-hybridized carbons (Fsp3) is 0.375. The Labute approximate surface area is 89.8 Å². The maximum absolute atomic E-state index is 11.6. The third-order valence-electron chi connectivity index (χ3n) is 1.96. The lowest BCUT2D eigenvalue weighted by atomic mass is 10.3. The number of anilines is 1. The lowest BCUT2D eigenvalue weighted by molar-refractivity contribution is -0.117. The molecule has 3 N–H and O–H groups in total. The van der Waals surface area contributed by atoms with Crippen molar-refractivity contribution in [2.45, 2.75) is 6.04 Å². The fourth-order valence-corrected chi connectivity index (χ4v) is 2.13. The van der Waals surface area contributed by atoms with Crippen molar-refractivity contribution in [3.63, 3.8) is 0 Å². The van der Waals surface area contributed by atoms with E-state index in [0.29, 0.717) is 5.82 Å². The standard InChI is InChI=1S/C8H10N4O2S/c13-7-2-1-6(11-12-7)10-8(14)5-3-15-4-9-5/h1-2,5,9H,3-4H2,(H,12,13)(H,10,11,14). The first-order valence-electron chi connectivity index (χ1n) is 4.43. The van der Waals surface area contributed by atoms with Crippen LogP contribution in [-0.2, 0) is 4.79 Å². The summed E-state index contributed by atoms with van der Waals surface area (Å²) in [6.45, 7) is 0. The highest BCUT2D eigenvalue weighted by Crippen LogP contribution is 2.10. The molecule has 1 aromatic rings. The van der Waals surface area contributed by atoms with Crippen molar-refractivity contribution in [1.29, 1.82) is 0 Å². The van der Waals surface area contributed by atoms with Gasteiger partial charge in [0.15, 0.2) is 5.82 Å². The van der Waals surface area contributed by atoms with Crippen LogP contribution < -0.4 is 16.2 Å². The van der Waals surface area contributed by atoms with Gasteiger partial charge in [0, 0.05) is 17.7 Å². The largest absolute Gasteiger partial charge is 0.308 e. The lowest BCUT2D eigenvalue weighted by Gasteiger charge is -2.08. The Kier molecular flexibility index (Phi) is 3.02. The zero-order chi connectivity index (χ0) is 10.7. The first-order valence-corrected chi connectivity index (χ1v) is 5.59. The van der Waals surface area contributed by atoms with Gasteiger partial charge in [0.2, 0.25) is 5.91 Å². The molecule has 1 saturated heterocycles. The van der Waals surface area contributed by atoms with Gasteiger partial charge in [-0.3, -0.25) is 14.9 Å². The van der Waals surface area contributed by atoms with Gasteiger partial charge >= 0.3 is 0 Å². The molecule has 2 rings (SSSR count). The molecule has 0 aliphatic carbocycles. The zero-order valence-corrected chi connectivity index (χ0v) is 8.63. The minimum absolute atomic E-state index is 0.125.